The van der Waals surface area contributed by atoms with Gasteiger partial charge >= 0.3 is 0 Å². The molecule has 168 valence electrons. The molecule has 3 aromatic rings. The number of hydroxylamine groups is 1. The molecule has 0 spiro atoms. The summed E-state index contributed by atoms with van der Waals surface area (Å²) in [6.45, 7) is 2.23. The summed E-state index contributed by atoms with van der Waals surface area (Å²) in [6, 6.07) is 20.1. The predicted octanol–water partition coefficient (Wildman–Crippen LogP) is 5.04. The number of anilines is 2. The Kier molecular flexibility index (Phi) is 5.64. The molecule has 0 bridgehead atoms. The van der Waals surface area contributed by atoms with Crippen LogP contribution < -0.4 is 14.7 Å². The molecule has 2 fully saturated rings. The van der Waals surface area contributed by atoms with Crippen molar-refractivity contribution in [2.45, 2.75) is 19.1 Å². The third kappa shape index (κ3) is 3.59. The van der Waals surface area contributed by atoms with E-state index in [0.29, 0.717) is 29.3 Å². The lowest BCUT2D eigenvalue weighted by Gasteiger charge is -2.29. The molecular formula is C25H20BrFN2O4. The van der Waals surface area contributed by atoms with Crippen molar-refractivity contribution in [3.8, 4) is 5.75 Å². The van der Waals surface area contributed by atoms with E-state index in [4.69, 9.17) is 9.57 Å². The second-order valence-electron chi connectivity index (χ2n) is 7.74. The standard InChI is InChI=1S/C25H20BrFN2O4/c1-2-32-20-11-7-6-10-19(20)28-24(30)21-22(15-12-13-18(27)17(26)14-15)29(33-23(21)25(28)31)16-8-4-3-5-9-16/h3-14,21-23H,2H2,1H3. The van der Waals surface area contributed by atoms with Crippen LogP contribution in [0.2, 0.25) is 0 Å². The van der Waals surface area contributed by atoms with Gasteiger partial charge < -0.3 is 4.74 Å². The zero-order chi connectivity index (χ0) is 23.1. The topological polar surface area (TPSA) is 59.1 Å². The molecule has 2 aliphatic heterocycles. The maximum atomic E-state index is 14.0. The van der Waals surface area contributed by atoms with Crippen LogP contribution in [0, 0.1) is 11.7 Å². The van der Waals surface area contributed by atoms with Gasteiger partial charge in [0.25, 0.3) is 5.91 Å². The smallest absolute Gasteiger partial charge is 0.266 e. The lowest BCUT2D eigenvalue weighted by molar-refractivity contribution is -0.126. The Balaban J connectivity index is 1.60. The lowest BCUT2D eigenvalue weighted by atomic mass is 9.90. The number of carbonyl (C=O) groups is 2. The van der Waals surface area contributed by atoms with E-state index in [1.807, 2.05) is 37.3 Å². The van der Waals surface area contributed by atoms with Gasteiger partial charge in [-0.3, -0.25) is 14.4 Å². The van der Waals surface area contributed by atoms with Crippen molar-refractivity contribution in [3.63, 3.8) is 0 Å². The highest BCUT2D eigenvalue weighted by Gasteiger charge is 2.60. The van der Waals surface area contributed by atoms with E-state index >= 15 is 0 Å². The van der Waals surface area contributed by atoms with Crippen LogP contribution in [0.4, 0.5) is 15.8 Å². The fraction of sp³-hybridized carbons (Fsp3) is 0.200. The number of hydrogen-bond acceptors (Lipinski definition) is 5. The normalized spacial score (nSPS) is 22.1. The van der Waals surface area contributed by atoms with E-state index in [-0.39, 0.29) is 10.4 Å². The van der Waals surface area contributed by atoms with E-state index in [9.17, 15) is 14.0 Å². The summed E-state index contributed by atoms with van der Waals surface area (Å²) in [7, 11) is 0. The van der Waals surface area contributed by atoms with Gasteiger partial charge in [-0.15, -0.1) is 0 Å². The van der Waals surface area contributed by atoms with Gasteiger partial charge in [-0.05, 0) is 64.8 Å². The number of imide groups is 1. The molecule has 3 aromatic carbocycles. The quantitative estimate of drug-likeness (QED) is 0.450. The molecule has 33 heavy (non-hydrogen) atoms. The summed E-state index contributed by atoms with van der Waals surface area (Å²) in [4.78, 5) is 34.4. The van der Waals surface area contributed by atoms with E-state index < -0.39 is 29.8 Å². The fourth-order valence-electron chi connectivity index (χ4n) is 4.41. The summed E-state index contributed by atoms with van der Waals surface area (Å²) < 4.78 is 19.9. The van der Waals surface area contributed by atoms with E-state index in [1.165, 1.54) is 6.07 Å². The number of rotatable bonds is 5. The van der Waals surface area contributed by atoms with Crippen molar-refractivity contribution >= 4 is 39.1 Å². The molecule has 6 nitrogen and oxygen atoms in total. The van der Waals surface area contributed by atoms with Gasteiger partial charge in [0.05, 0.1) is 28.5 Å². The van der Waals surface area contributed by atoms with Crippen LogP contribution in [0.25, 0.3) is 0 Å². The molecule has 3 atom stereocenters. The Hall–Kier alpha value is -3.23. The number of para-hydroxylation sites is 3. The maximum absolute atomic E-state index is 14.0. The molecule has 0 radical (unpaired) electrons. The summed E-state index contributed by atoms with van der Waals surface area (Å²) in [5, 5.41) is 1.58. The van der Waals surface area contributed by atoms with Gasteiger partial charge in [-0.1, -0.05) is 36.4 Å². The van der Waals surface area contributed by atoms with Crippen LogP contribution in [0.3, 0.4) is 0 Å². The average Bonchev–Trinajstić information content (AvgIpc) is 3.33. The highest BCUT2D eigenvalue weighted by Crippen LogP contribution is 2.48. The van der Waals surface area contributed by atoms with Gasteiger partial charge in [0.1, 0.15) is 17.5 Å². The van der Waals surface area contributed by atoms with Crippen molar-refractivity contribution in [3.05, 3.63) is 88.6 Å². The van der Waals surface area contributed by atoms with Gasteiger partial charge in [0.2, 0.25) is 5.91 Å². The first-order valence-electron chi connectivity index (χ1n) is 10.6. The minimum atomic E-state index is -1.01. The number of fused-ring (bicyclic) bond motifs is 1. The van der Waals surface area contributed by atoms with Gasteiger partial charge in [-0.25, -0.2) is 14.4 Å². The van der Waals surface area contributed by atoms with E-state index in [2.05, 4.69) is 15.9 Å². The Morgan fingerprint density at radius 1 is 1.00 bits per heavy atom. The number of nitrogens with zero attached hydrogens (tertiary/aromatic N) is 2. The van der Waals surface area contributed by atoms with E-state index in [1.54, 1.807) is 41.5 Å². The lowest BCUT2D eigenvalue weighted by Crippen LogP contribution is -2.37. The number of carbonyl (C=O) groups excluding carboxylic acids is 2. The molecule has 0 aliphatic carbocycles. The molecule has 3 unspecified atom stereocenters. The number of halogens is 2. The van der Waals surface area contributed by atoms with Crippen molar-refractivity contribution < 1.29 is 23.6 Å². The SMILES string of the molecule is CCOc1ccccc1N1C(=O)C2ON(c3ccccc3)C(c3ccc(F)c(Br)c3)C2C1=O. The largest absolute Gasteiger partial charge is 0.492 e. The Morgan fingerprint density at radius 3 is 2.45 bits per heavy atom. The van der Waals surface area contributed by atoms with Gasteiger partial charge in [-0.2, -0.15) is 0 Å². The molecule has 2 amide bonds. The molecule has 2 saturated heterocycles. The number of ether oxygens (including phenoxy) is 1. The summed E-state index contributed by atoms with van der Waals surface area (Å²) >= 11 is 3.23. The van der Waals surface area contributed by atoms with Crippen LogP contribution in [0.5, 0.6) is 5.75 Å². The molecule has 2 aliphatic rings. The first kappa shape index (κ1) is 21.6. The highest BCUT2D eigenvalue weighted by atomic mass is 79.9. The second-order valence-corrected chi connectivity index (χ2v) is 8.60. The maximum Gasteiger partial charge on any atom is 0.266 e. The molecule has 2 heterocycles. The van der Waals surface area contributed by atoms with Crippen LogP contribution in [0.1, 0.15) is 18.5 Å². The summed E-state index contributed by atoms with van der Waals surface area (Å²) in [6.07, 6.45) is -1.01. The Labute approximate surface area is 198 Å². The third-order valence-electron chi connectivity index (χ3n) is 5.82. The number of hydrogen-bond donors (Lipinski definition) is 0. The first-order valence-corrected chi connectivity index (χ1v) is 11.4. The monoisotopic (exact) mass is 510 g/mol. The Bertz CT molecular complexity index is 1220. The average molecular weight is 511 g/mol. The molecule has 5 rings (SSSR count). The van der Waals surface area contributed by atoms with E-state index in [0.717, 1.165) is 4.90 Å². The minimum Gasteiger partial charge on any atom is -0.492 e. The van der Waals surface area contributed by atoms with Crippen molar-refractivity contribution in [1.82, 2.24) is 0 Å². The summed E-state index contributed by atoms with van der Waals surface area (Å²) in [5.74, 6) is -1.63. The third-order valence-corrected chi connectivity index (χ3v) is 6.42. The van der Waals surface area contributed by atoms with Crippen molar-refractivity contribution in [2.24, 2.45) is 5.92 Å². The summed E-state index contributed by atoms with van der Waals surface area (Å²) in [5.41, 5.74) is 1.73. The van der Waals surface area contributed by atoms with Crippen molar-refractivity contribution in [1.29, 1.82) is 0 Å². The van der Waals surface area contributed by atoms with Gasteiger partial charge in [0, 0.05) is 0 Å². The van der Waals surface area contributed by atoms with Crippen LogP contribution in [-0.4, -0.2) is 24.5 Å². The van der Waals surface area contributed by atoms with Crippen LogP contribution in [0.15, 0.2) is 77.3 Å². The molecule has 0 saturated carbocycles. The molecule has 0 aromatic heterocycles. The minimum absolute atomic E-state index is 0.270. The molecule has 0 N–H and O–H groups in total. The zero-order valence-electron chi connectivity index (χ0n) is 17.7. The number of benzene rings is 3. The van der Waals surface area contributed by atoms with Crippen molar-refractivity contribution in [2.75, 3.05) is 16.6 Å². The molecule has 8 heteroatoms. The predicted molar refractivity (Wildman–Crippen MR) is 124 cm³/mol. The van der Waals surface area contributed by atoms with Crippen LogP contribution >= 0.6 is 15.9 Å². The second kappa shape index (κ2) is 8.61. The van der Waals surface area contributed by atoms with Gasteiger partial charge in [0.15, 0.2) is 6.10 Å². The van der Waals surface area contributed by atoms with Crippen LogP contribution in [-0.2, 0) is 14.4 Å². The highest BCUT2D eigenvalue weighted by molar-refractivity contribution is 9.10. The first-order chi connectivity index (χ1) is 16.0. The molecular weight excluding hydrogens is 491 g/mol. The fourth-order valence-corrected chi connectivity index (χ4v) is 4.80. The Morgan fingerprint density at radius 2 is 1.73 bits per heavy atom. The number of amides is 2. The zero-order valence-corrected chi connectivity index (χ0v) is 19.2.